The quantitative estimate of drug-likeness (QED) is 0.176. The van der Waals surface area contributed by atoms with E-state index in [1.807, 2.05) is 0 Å². The normalized spacial score (nSPS) is 14.8. The highest BCUT2D eigenvalue weighted by atomic mass is 35.5. The molecule has 1 heterocycles. The van der Waals surface area contributed by atoms with Gasteiger partial charge in [0, 0.05) is 11.1 Å². The van der Waals surface area contributed by atoms with Crippen LogP contribution >= 0.6 is 11.6 Å². The van der Waals surface area contributed by atoms with Gasteiger partial charge in [-0.1, -0.05) is 23.7 Å². The van der Waals surface area contributed by atoms with Crippen molar-refractivity contribution in [3.63, 3.8) is 0 Å². The fourth-order valence-corrected chi connectivity index (χ4v) is 3.76. The van der Waals surface area contributed by atoms with Crippen molar-refractivity contribution in [1.29, 1.82) is 0 Å². The van der Waals surface area contributed by atoms with Gasteiger partial charge in [0.2, 0.25) is 5.75 Å². The maximum absolute atomic E-state index is 13.1. The van der Waals surface area contributed by atoms with Crippen LogP contribution in [0.15, 0.2) is 66.2 Å². The van der Waals surface area contributed by atoms with E-state index < -0.39 is 51.5 Å². The van der Waals surface area contributed by atoms with Crippen LogP contribution in [0.4, 0.5) is 29.3 Å². The summed E-state index contributed by atoms with van der Waals surface area (Å²) in [5.41, 5.74) is -2.18. The van der Waals surface area contributed by atoms with Crippen molar-refractivity contribution < 1.29 is 42.0 Å². The molecule has 0 radical (unpaired) electrons. The second-order valence-electron chi connectivity index (χ2n) is 7.89. The third kappa shape index (κ3) is 5.67. The zero-order chi connectivity index (χ0) is 28.5. The molecule has 10 nitrogen and oxygen atoms in total. The van der Waals surface area contributed by atoms with Crippen LogP contribution in [0.5, 0.6) is 17.2 Å². The van der Waals surface area contributed by atoms with Gasteiger partial charge in [-0.15, -0.1) is 0 Å². The third-order valence-corrected chi connectivity index (χ3v) is 5.60. The molecule has 0 unspecified atom stereocenters. The molecule has 0 saturated carbocycles. The van der Waals surface area contributed by atoms with Gasteiger partial charge in [0.25, 0.3) is 11.8 Å². The summed E-state index contributed by atoms with van der Waals surface area (Å²) in [7, 11) is 1.23. The van der Waals surface area contributed by atoms with Crippen LogP contribution in [0.25, 0.3) is 6.08 Å². The summed E-state index contributed by atoms with van der Waals surface area (Å²) in [6, 6.07) is 10.6. The number of urea groups is 1. The Morgan fingerprint density at radius 1 is 1.00 bits per heavy atom. The van der Waals surface area contributed by atoms with Crippen molar-refractivity contribution in [2.45, 2.75) is 6.18 Å². The minimum absolute atomic E-state index is 0.0232. The molecule has 3 aromatic carbocycles. The molecule has 1 aliphatic heterocycles. The molecule has 1 saturated heterocycles. The molecule has 0 aliphatic carbocycles. The van der Waals surface area contributed by atoms with Gasteiger partial charge < -0.3 is 9.47 Å². The highest BCUT2D eigenvalue weighted by Gasteiger charge is 2.37. The van der Waals surface area contributed by atoms with Gasteiger partial charge in [-0.3, -0.25) is 25.0 Å². The maximum atomic E-state index is 13.1. The van der Waals surface area contributed by atoms with Gasteiger partial charge in [0.05, 0.1) is 23.3 Å². The van der Waals surface area contributed by atoms with Gasteiger partial charge in [0.15, 0.2) is 11.5 Å². The van der Waals surface area contributed by atoms with E-state index in [1.54, 1.807) is 0 Å². The van der Waals surface area contributed by atoms with Crippen LogP contribution in [0.2, 0.25) is 5.02 Å². The number of alkyl halides is 3. The fourth-order valence-electron chi connectivity index (χ4n) is 3.57. The largest absolute Gasteiger partial charge is 0.493 e. The van der Waals surface area contributed by atoms with Crippen LogP contribution in [0.1, 0.15) is 11.1 Å². The molecule has 1 aliphatic rings. The number of nitrogens with one attached hydrogen (secondary N) is 1. The lowest BCUT2D eigenvalue weighted by molar-refractivity contribution is -0.385. The van der Waals surface area contributed by atoms with E-state index in [4.69, 9.17) is 21.1 Å². The van der Waals surface area contributed by atoms with Gasteiger partial charge in [-0.25, -0.2) is 9.69 Å². The van der Waals surface area contributed by atoms with Crippen molar-refractivity contribution in [2.75, 3.05) is 12.0 Å². The number of imide groups is 2. The molecule has 0 spiro atoms. The lowest BCUT2D eigenvalue weighted by Gasteiger charge is -2.26. The highest BCUT2D eigenvalue weighted by molar-refractivity contribution is 6.39. The number of barbiturate groups is 1. The van der Waals surface area contributed by atoms with Gasteiger partial charge in [-0.05, 0) is 54.1 Å². The lowest BCUT2D eigenvalue weighted by atomic mass is 10.1. The first-order chi connectivity index (χ1) is 18.4. The predicted molar refractivity (Wildman–Crippen MR) is 132 cm³/mol. The fraction of sp³-hybridized carbons (Fsp3) is 0.0800. The lowest BCUT2D eigenvalue weighted by Crippen LogP contribution is -2.54. The summed E-state index contributed by atoms with van der Waals surface area (Å²) in [6.45, 7) is 0. The summed E-state index contributed by atoms with van der Waals surface area (Å²) in [5.74, 6) is -2.48. The number of methoxy groups -OCH3 is 1. The van der Waals surface area contributed by atoms with Crippen molar-refractivity contribution in [3.8, 4) is 17.2 Å². The highest BCUT2D eigenvalue weighted by Crippen LogP contribution is 2.40. The van der Waals surface area contributed by atoms with Crippen LogP contribution in [-0.4, -0.2) is 29.9 Å². The average Bonchev–Trinajstić information content (AvgIpc) is 2.86. The number of hydrogen-bond acceptors (Lipinski definition) is 7. The smallest absolute Gasteiger partial charge is 0.416 e. The molecule has 1 fully saturated rings. The summed E-state index contributed by atoms with van der Waals surface area (Å²) >= 11 is 5.95. The van der Waals surface area contributed by atoms with Crippen molar-refractivity contribution >= 4 is 46.9 Å². The Labute approximate surface area is 222 Å². The maximum Gasteiger partial charge on any atom is 0.416 e. The minimum Gasteiger partial charge on any atom is -0.493 e. The molecule has 1 N–H and O–H groups in total. The monoisotopic (exact) mass is 561 g/mol. The minimum atomic E-state index is -4.80. The molecule has 3 aromatic rings. The van der Waals surface area contributed by atoms with Crippen LogP contribution in [0.3, 0.4) is 0 Å². The number of carbonyl (C=O) groups is 3. The molecular weight excluding hydrogens is 547 g/mol. The Balaban J connectivity index is 1.67. The van der Waals surface area contributed by atoms with Gasteiger partial charge in [0.1, 0.15) is 5.57 Å². The van der Waals surface area contributed by atoms with E-state index in [-0.39, 0.29) is 27.8 Å². The standard InChI is InChI=1S/C25H15ClF3N3O7/c1-38-21-10-13(5-7-20(21)39-19-8-6-14(25(27,28)29)11-18(19)32(36)37)9-17-22(33)30-24(35)31(23(17)34)16-4-2-3-15(26)12-16/h2-12H,1H3,(H,30,33,35)/b17-9+. The molecule has 0 aromatic heterocycles. The van der Waals surface area contributed by atoms with Crippen LogP contribution < -0.4 is 19.7 Å². The molecule has 14 heteroatoms. The molecule has 0 bridgehead atoms. The van der Waals surface area contributed by atoms with Crippen LogP contribution in [-0.2, 0) is 15.8 Å². The number of nitro groups is 1. The van der Waals surface area contributed by atoms with Crippen molar-refractivity contribution in [1.82, 2.24) is 5.32 Å². The summed E-state index contributed by atoms with van der Waals surface area (Å²) in [4.78, 5) is 48.9. The molecule has 39 heavy (non-hydrogen) atoms. The van der Waals surface area contributed by atoms with E-state index in [2.05, 4.69) is 5.32 Å². The molecular formula is C25H15ClF3N3O7. The topological polar surface area (TPSA) is 128 Å². The first-order valence-electron chi connectivity index (χ1n) is 10.8. The average molecular weight is 562 g/mol. The molecule has 4 amide bonds. The Bertz CT molecular complexity index is 1560. The summed E-state index contributed by atoms with van der Waals surface area (Å²) in [6.07, 6.45) is -3.62. The number of nitro benzene ring substituents is 1. The first kappa shape index (κ1) is 27.1. The van der Waals surface area contributed by atoms with E-state index in [9.17, 15) is 37.7 Å². The Morgan fingerprint density at radius 2 is 1.72 bits per heavy atom. The number of hydrogen-bond donors (Lipinski definition) is 1. The Kier molecular flexibility index (Phi) is 7.27. The number of rotatable bonds is 6. The SMILES string of the molecule is COc1cc(/C=C2\C(=O)NC(=O)N(c3cccc(Cl)c3)C2=O)ccc1Oc1ccc(C(F)(F)F)cc1[N+](=O)[O-]. The van der Waals surface area contributed by atoms with E-state index in [1.165, 1.54) is 55.7 Å². The zero-order valence-electron chi connectivity index (χ0n) is 19.6. The molecule has 0 atom stereocenters. The first-order valence-corrected chi connectivity index (χ1v) is 11.2. The number of halogens is 4. The second-order valence-corrected chi connectivity index (χ2v) is 8.32. The van der Waals surface area contributed by atoms with E-state index in [0.717, 1.165) is 11.0 Å². The second kappa shape index (κ2) is 10.5. The summed E-state index contributed by atoms with van der Waals surface area (Å²) < 4.78 is 49.7. The zero-order valence-corrected chi connectivity index (χ0v) is 20.4. The Morgan fingerprint density at radius 3 is 2.36 bits per heavy atom. The Hall–Kier alpha value is -4.91. The van der Waals surface area contributed by atoms with Gasteiger partial charge >= 0.3 is 17.9 Å². The predicted octanol–water partition coefficient (Wildman–Crippen LogP) is 5.73. The van der Waals surface area contributed by atoms with Crippen molar-refractivity contribution in [3.05, 3.63) is 92.5 Å². The third-order valence-electron chi connectivity index (χ3n) is 5.37. The summed E-state index contributed by atoms with van der Waals surface area (Å²) in [5, 5.41) is 13.7. The number of nitrogens with zero attached hydrogens (tertiary/aromatic N) is 2. The molecule has 4 rings (SSSR count). The molecule has 200 valence electrons. The van der Waals surface area contributed by atoms with Crippen LogP contribution in [0, 0.1) is 10.1 Å². The van der Waals surface area contributed by atoms with E-state index in [0.29, 0.717) is 12.1 Å². The number of amides is 4. The number of benzene rings is 3. The number of ether oxygens (including phenoxy) is 2. The van der Waals surface area contributed by atoms with E-state index >= 15 is 0 Å². The number of carbonyl (C=O) groups excluding carboxylic acids is 3. The van der Waals surface area contributed by atoms with Crippen molar-refractivity contribution in [2.24, 2.45) is 0 Å². The van der Waals surface area contributed by atoms with Gasteiger partial charge in [-0.2, -0.15) is 13.2 Å². The number of anilines is 1.